The van der Waals surface area contributed by atoms with Gasteiger partial charge in [-0.3, -0.25) is 9.78 Å². The van der Waals surface area contributed by atoms with Crippen molar-refractivity contribution in [2.75, 3.05) is 18.0 Å². The summed E-state index contributed by atoms with van der Waals surface area (Å²) >= 11 is 3.53. The van der Waals surface area contributed by atoms with E-state index in [2.05, 4.69) is 31.1 Å². The van der Waals surface area contributed by atoms with Gasteiger partial charge in [-0.2, -0.15) is 0 Å². The second-order valence-corrected chi connectivity index (χ2v) is 6.25. The van der Waals surface area contributed by atoms with Gasteiger partial charge < -0.3 is 10.2 Å². The van der Waals surface area contributed by atoms with Crippen molar-refractivity contribution >= 4 is 27.5 Å². The molecule has 0 spiro atoms. The summed E-state index contributed by atoms with van der Waals surface area (Å²) in [7, 11) is 0. The Morgan fingerprint density at radius 1 is 1.42 bits per heavy atom. The predicted molar refractivity (Wildman–Crippen MR) is 78.0 cm³/mol. The van der Waals surface area contributed by atoms with E-state index >= 15 is 0 Å². The Balaban J connectivity index is 1.67. The Kier molecular flexibility index (Phi) is 3.73. The molecule has 2 fully saturated rings. The van der Waals surface area contributed by atoms with Crippen LogP contribution >= 0.6 is 15.9 Å². The second kappa shape index (κ2) is 5.49. The van der Waals surface area contributed by atoms with Gasteiger partial charge >= 0.3 is 0 Å². The highest BCUT2D eigenvalue weighted by Crippen LogP contribution is 2.29. The van der Waals surface area contributed by atoms with Crippen LogP contribution in [-0.4, -0.2) is 30.0 Å². The summed E-state index contributed by atoms with van der Waals surface area (Å²) in [5.74, 6) is 0.354. The average molecular weight is 324 g/mol. The van der Waals surface area contributed by atoms with Crippen molar-refractivity contribution in [2.24, 2.45) is 5.92 Å². The number of carbonyl (C=O) groups excluding carboxylic acids is 1. The normalized spacial score (nSPS) is 23.2. The lowest BCUT2D eigenvalue weighted by Crippen LogP contribution is -2.43. The number of pyridine rings is 1. The topological polar surface area (TPSA) is 45.2 Å². The second-order valence-electron chi connectivity index (χ2n) is 5.40. The van der Waals surface area contributed by atoms with Gasteiger partial charge in [-0.05, 0) is 47.7 Å². The van der Waals surface area contributed by atoms with Gasteiger partial charge in [-0.25, -0.2) is 0 Å². The summed E-state index contributed by atoms with van der Waals surface area (Å²) in [6, 6.07) is 2.46. The lowest BCUT2D eigenvalue weighted by molar-refractivity contribution is -0.125. The van der Waals surface area contributed by atoms with Gasteiger partial charge in [-0.15, -0.1) is 0 Å². The van der Waals surface area contributed by atoms with Crippen LogP contribution in [0.15, 0.2) is 22.9 Å². The largest absolute Gasteiger partial charge is 0.370 e. The molecule has 4 nitrogen and oxygen atoms in total. The minimum absolute atomic E-state index is 0.120. The molecule has 102 valence electrons. The van der Waals surface area contributed by atoms with E-state index in [4.69, 9.17) is 0 Å². The molecule has 19 heavy (non-hydrogen) atoms. The molecule has 1 atom stereocenters. The van der Waals surface area contributed by atoms with Crippen molar-refractivity contribution in [3.8, 4) is 0 Å². The molecule has 0 aromatic carbocycles. The maximum atomic E-state index is 12.1. The molecular formula is C14H18BrN3O. The molecule has 2 aliphatic rings. The number of hydrogen-bond acceptors (Lipinski definition) is 3. The molecule has 1 aromatic rings. The van der Waals surface area contributed by atoms with Crippen LogP contribution in [0.2, 0.25) is 0 Å². The van der Waals surface area contributed by atoms with E-state index in [-0.39, 0.29) is 11.8 Å². The first-order valence-electron chi connectivity index (χ1n) is 6.89. The summed E-state index contributed by atoms with van der Waals surface area (Å²) in [6.45, 7) is 1.82. The highest BCUT2D eigenvalue weighted by Gasteiger charge is 2.30. The summed E-state index contributed by atoms with van der Waals surface area (Å²) < 4.78 is 0.998. The molecule has 1 aliphatic heterocycles. The summed E-state index contributed by atoms with van der Waals surface area (Å²) in [5, 5.41) is 3.12. The van der Waals surface area contributed by atoms with Gasteiger partial charge in [-0.1, -0.05) is 0 Å². The van der Waals surface area contributed by atoms with E-state index in [9.17, 15) is 4.79 Å². The molecule has 0 radical (unpaired) electrons. The van der Waals surface area contributed by atoms with Crippen molar-refractivity contribution in [3.05, 3.63) is 22.9 Å². The number of carbonyl (C=O) groups is 1. The van der Waals surface area contributed by atoms with Gasteiger partial charge in [0.2, 0.25) is 5.91 Å². The molecule has 0 bridgehead atoms. The molecule has 3 rings (SSSR count). The van der Waals surface area contributed by atoms with Gasteiger partial charge in [0.05, 0.1) is 16.1 Å². The SMILES string of the molecule is O=C(NC1CC1)C1CCCN(c2ccncc2Br)C1. The Hall–Kier alpha value is -1.10. The molecular weight excluding hydrogens is 306 g/mol. The minimum atomic E-state index is 0.120. The smallest absolute Gasteiger partial charge is 0.225 e. The third-order valence-corrected chi connectivity index (χ3v) is 4.42. The van der Waals surface area contributed by atoms with Crippen LogP contribution in [-0.2, 0) is 4.79 Å². The number of piperidine rings is 1. The number of amides is 1. The van der Waals surface area contributed by atoms with Gasteiger partial charge in [0.1, 0.15) is 0 Å². The maximum absolute atomic E-state index is 12.1. The van der Waals surface area contributed by atoms with Crippen LogP contribution in [0.4, 0.5) is 5.69 Å². The lowest BCUT2D eigenvalue weighted by atomic mass is 9.96. The fourth-order valence-electron chi connectivity index (χ4n) is 2.58. The monoisotopic (exact) mass is 323 g/mol. The Bertz CT molecular complexity index is 476. The highest BCUT2D eigenvalue weighted by molar-refractivity contribution is 9.10. The summed E-state index contributed by atoms with van der Waals surface area (Å²) in [4.78, 5) is 18.5. The third kappa shape index (κ3) is 3.08. The third-order valence-electron chi connectivity index (χ3n) is 3.81. The Labute approximate surface area is 121 Å². The van der Waals surface area contributed by atoms with E-state index < -0.39 is 0 Å². The van der Waals surface area contributed by atoms with Crippen LogP contribution in [0.3, 0.4) is 0 Å². The zero-order valence-electron chi connectivity index (χ0n) is 10.8. The number of halogens is 1. The van der Waals surface area contributed by atoms with Crippen molar-refractivity contribution < 1.29 is 4.79 Å². The molecule has 2 heterocycles. The van der Waals surface area contributed by atoms with Gasteiger partial charge in [0.25, 0.3) is 0 Å². The van der Waals surface area contributed by atoms with Crippen molar-refractivity contribution in [1.82, 2.24) is 10.3 Å². The molecule has 1 unspecified atom stereocenters. The van der Waals surface area contributed by atoms with Gasteiger partial charge in [0.15, 0.2) is 0 Å². The van der Waals surface area contributed by atoms with Crippen molar-refractivity contribution in [1.29, 1.82) is 0 Å². The summed E-state index contributed by atoms with van der Waals surface area (Å²) in [5.41, 5.74) is 1.14. The first kappa shape index (κ1) is 12.9. The number of hydrogen-bond donors (Lipinski definition) is 1. The average Bonchev–Trinajstić information content (AvgIpc) is 3.23. The highest BCUT2D eigenvalue weighted by atomic mass is 79.9. The van der Waals surface area contributed by atoms with Crippen LogP contribution in [0, 0.1) is 5.92 Å². The number of aromatic nitrogens is 1. The number of anilines is 1. The quantitative estimate of drug-likeness (QED) is 0.928. The molecule has 5 heteroatoms. The molecule has 1 amide bonds. The lowest BCUT2D eigenvalue weighted by Gasteiger charge is -2.34. The zero-order valence-corrected chi connectivity index (χ0v) is 12.4. The molecule has 1 saturated heterocycles. The molecule has 1 aromatic heterocycles. The van der Waals surface area contributed by atoms with E-state index in [0.29, 0.717) is 6.04 Å². The van der Waals surface area contributed by atoms with Gasteiger partial charge in [0, 0.05) is 31.5 Å². The minimum Gasteiger partial charge on any atom is -0.370 e. The molecule has 1 N–H and O–H groups in total. The molecule has 1 aliphatic carbocycles. The number of nitrogens with zero attached hydrogens (tertiary/aromatic N) is 2. The van der Waals surface area contributed by atoms with Crippen LogP contribution in [0.5, 0.6) is 0 Å². The van der Waals surface area contributed by atoms with Crippen LogP contribution < -0.4 is 10.2 Å². The Morgan fingerprint density at radius 3 is 3.00 bits per heavy atom. The standard InChI is InChI=1S/C14H18BrN3O/c15-12-8-16-6-5-13(12)18-7-1-2-10(9-18)14(19)17-11-3-4-11/h5-6,8,10-11H,1-4,7,9H2,(H,17,19). The van der Waals surface area contributed by atoms with Crippen molar-refractivity contribution in [3.63, 3.8) is 0 Å². The first-order chi connectivity index (χ1) is 9.24. The molecule has 1 saturated carbocycles. The fraction of sp³-hybridized carbons (Fsp3) is 0.571. The van der Waals surface area contributed by atoms with E-state index in [1.165, 1.54) is 0 Å². The van der Waals surface area contributed by atoms with Crippen LogP contribution in [0.25, 0.3) is 0 Å². The number of rotatable bonds is 3. The van der Waals surface area contributed by atoms with Crippen LogP contribution in [0.1, 0.15) is 25.7 Å². The predicted octanol–water partition coefficient (Wildman–Crippen LogP) is 2.34. The summed E-state index contributed by atoms with van der Waals surface area (Å²) in [6.07, 6.45) is 7.97. The van der Waals surface area contributed by atoms with E-state index in [0.717, 1.165) is 48.9 Å². The van der Waals surface area contributed by atoms with E-state index in [1.54, 1.807) is 6.20 Å². The Morgan fingerprint density at radius 2 is 2.26 bits per heavy atom. The maximum Gasteiger partial charge on any atom is 0.225 e. The van der Waals surface area contributed by atoms with E-state index in [1.807, 2.05) is 12.3 Å². The fourth-order valence-corrected chi connectivity index (χ4v) is 3.08. The van der Waals surface area contributed by atoms with Crippen molar-refractivity contribution in [2.45, 2.75) is 31.7 Å². The zero-order chi connectivity index (χ0) is 13.2. The number of nitrogens with one attached hydrogen (secondary N) is 1. The first-order valence-corrected chi connectivity index (χ1v) is 7.68.